The van der Waals surface area contributed by atoms with Crippen LogP contribution in [0.25, 0.3) is 0 Å². The summed E-state index contributed by atoms with van der Waals surface area (Å²) in [5.41, 5.74) is -0.844. The zero-order valence-electron chi connectivity index (χ0n) is 8.92. The molecule has 0 rings (SSSR count). The van der Waals surface area contributed by atoms with Crippen LogP contribution in [0.15, 0.2) is 0 Å². The molecule has 0 spiro atoms. The normalized spacial score (nSPS) is 11.2. The van der Waals surface area contributed by atoms with E-state index in [1.54, 1.807) is 18.7 Å². The Hall–Kier alpha value is -0.770. The molecular weight excluding hydrogens is 168 g/mol. The van der Waals surface area contributed by atoms with E-state index in [0.29, 0.717) is 13.1 Å². The van der Waals surface area contributed by atoms with Gasteiger partial charge in [0.05, 0.1) is 5.60 Å². The molecule has 0 saturated heterocycles. The molecule has 4 nitrogen and oxygen atoms in total. The van der Waals surface area contributed by atoms with Gasteiger partial charge in [0, 0.05) is 19.6 Å². The average Bonchev–Trinajstić information content (AvgIpc) is 2.02. The lowest BCUT2D eigenvalue weighted by Crippen LogP contribution is -2.45. The SMILES string of the molecule is CCN(CC)C(=O)NCC(C)(C)O. The Morgan fingerprint density at radius 2 is 1.85 bits per heavy atom. The Kier molecular flexibility index (Phi) is 4.77. The minimum Gasteiger partial charge on any atom is -0.389 e. The summed E-state index contributed by atoms with van der Waals surface area (Å²) in [7, 11) is 0. The number of carbonyl (C=O) groups excluding carboxylic acids is 1. The highest BCUT2D eigenvalue weighted by molar-refractivity contribution is 5.74. The second-order valence-corrected chi connectivity index (χ2v) is 3.64. The fourth-order valence-electron chi connectivity index (χ4n) is 0.915. The number of aliphatic hydroxyl groups is 1. The number of hydrogen-bond acceptors (Lipinski definition) is 2. The van der Waals surface area contributed by atoms with Crippen molar-refractivity contribution < 1.29 is 9.90 Å². The van der Waals surface area contributed by atoms with Crippen LogP contribution in [0.4, 0.5) is 4.79 Å². The highest BCUT2D eigenvalue weighted by atomic mass is 16.3. The predicted molar refractivity (Wildman–Crippen MR) is 52.6 cm³/mol. The van der Waals surface area contributed by atoms with E-state index in [0.717, 1.165) is 0 Å². The van der Waals surface area contributed by atoms with Crippen molar-refractivity contribution >= 4 is 6.03 Å². The van der Waals surface area contributed by atoms with Crippen LogP contribution in [0.5, 0.6) is 0 Å². The largest absolute Gasteiger partial charge is 0.389 e. The van der Waals surface area contributed by atoms with E-state index >= 15 is 0 Å². The van der Waals surface area contributed by atoms with Gasteiger partial charge in [-0.1, -0.05) is 0 Å². The third-order valence-corrected chi connectivity index (χ3v) is 1.72. The van der Waals surface area contributed by atoms with Gasteiger partial charge in [-0.2, -0.15) is 0 Å². The van der Waals surface area contributed by atoms with E-state index in [1.165, 1.54) is 0 Å². The summed E-state index contributed by atoms with van der Waals surface area (Å²) < 4.78 is 0. The summed E-state index contributed by atoms with van der Waals surface area (Å²) in [4.78, 5) is 13.0. The molecule has 0 unspecified atom stereocenters. The minimum absolute atomic E-state index is 0.118. The molecule has 0 saturated carbocycles. The number of hydrogen-bond donors (Lipinski definition) is 2. The van der Waals surface area contributed by atoms with Gasteiger partial charge in [-0.3, -0.25) is 0 Å². The van der Waals surface area contributed by atoms with Crippen LogP contribution in [0.3, 0.4) is 0 Å². The van der Waals surface area contributed by atoms with Gasteiger partial charge < -0.3 is 15.3 Å². The van der Waals surface area contributed by atoms with Crippen molar-refractivity contribution in [2.24, 2.45) is 0 Å². The molecule has 0 aliphatic carbocycles. The summed E-state index contributed by atoms with van der Waals surface area (Å²) in [6.45, 7) is 8.83. The quantitative estimate of drug-likeness (QED) is 0.686. The number of amides is 2. The number of rotatable bonds is 4. The molecule has 0 aromatic rings. The number of urea groups is 1. The molecule has 0 aromatic carbocycles. The zero-order chi connectivity index (χ0) is 10.5. The maximum Gasteiger partial charge on any atom is 0.317 e. The highest BCUT2D eigenvalue weighted by Gasteiger charge is 2.15. The molecule has 78 valence electrons. The van der Waals surface area contributed by atoms with E-state index in [4.69, 9.17) is 0 Å². The lowest BCUT2D eigenvalue weighted by molar-refractivity contribution is 0.0798. The minimum atomic E-state index is -0.844. The molecule has 0 radical (unpaired) electrons. The topological polar surface area (TPSA) is 52.6 Å². The van der Waals surface area contributed by atoms with Gasteiger partial charge in [0.1, 0.15) is 0 Å². The fourth-order valence-corrected chi connectivity index (χ4v) is 0.915. The van der Waals surface area contributed by atoms with Gasteiger partial charge in [-0.15, -0.1) is 0 Å². The van der Waals surface area contributed by atoms with Crippen LogP contribution in [0.1, 0.15) is 27.7 Å². The van der Waals surface area contributed by atoms with Gasteiger partial charge in [0.2, 0.25) is 0 Å². The molecule has 0 aliphatic heterocycles. The first-order valence-electron chi connectivity index (χ1n) is 4.66. The van der Waals surface area contributed by atoms with Crippen molar-refractivity contribution in [3.05, 3.63) is 0 Å². The van der Waals surface area contributed by atoms with Gasteiger partial charge in [0.25, 0.3) is 0 Å². The van der Waals surface area contributed by atoms with Crippen LogP contribution in [0, 0.1) is 0 Å². The summed E-state index contributed by atoms with van der Waals surface area (Å²) in [6.07, 6.45) is 0. The Morgan fingerprint density at radius 1 is 1.38 bits per heavy atom. The molecule has 13 heavy (non-hydrogen) atoms. The maximum atomic E-state index is 11.4. The Bertz CT molecular complexity index is 159. The molecule has 0 bridgehead atoms. The van der Waals surface area contributed by atoms with Crippen molar-refractivity contribution in [1.82, 2.24) is 10.2 Å². The lowest BCUT2D eigenvalue weighted by atomic mass is 10.1. The molecule has 2 N–H and O–H groups in total. The van der Waals surface area contributed by atoms with Crippen molar-refractivity contribution in [2.45, 2.75) is 33.3 Å². The summed E-state index contributed by atoms with van der Waals surface area (Å²) >= 11 is 0. The van der Waals surface area contributed by atoms with Crippen LogP contribution >= 0.6 is 0 Å². The fraction of sp³-hybridized carbons (Fsp3) is 0.889. The first-order chi connectivity index (χ1) is 5.90. The molecule has 0 fully saturated rings. The van der Waals surface area contributed by atoms with Gasteiger partial charge in [-0.25, -0.2) is 4.79 Å². The van der Waals surface area contributed by atoms with E-state index in [2.05, 4.69) is 5.32 Å². The summed E-state index contributed by atoms with van der Waals surface area (Å²) in [5, 5.41) is 12.0. The molecule has 0 aromatic heterocycles. The summed E-state index contributed by atoms with van der Waals surface area (Å²) in [6, 6.07) is -0.118. The van der Waals surface area contributed by atoms with E-state index in [9.17, 15) is 9.90 Å². The predicted octanol–water partition coefficient (Wildman–Crippen LogP) is 0.809. The van der Waals surface area contributed by atoms with Crippen LogP contribution in [-0.2, 0) is 0 Å². The van der Waals surface area contributed by atoms with E-state index in [1.807, 2.05) is 13.8 Å². The van der Waals surface area contributed by atoms with Crippen LogP contribution in [0.2, 0.25) is 0 Å². The van der Waals surface area contributed by atoms with Gasteiger partial charge in [-0.05, 0) is 27.7 Å². The Morgan fingerprint density at radius 3 is 2.15 bits per heavy atom. The summed E-state index contributed by atoms with van der Waals surface area (Å²) in [5.74, 6) is 0. The van der Waals surface area contributed by atoms with Crippen molar-refractivity contribution in [3.8, 4) is 0 Å². The first-order valence-corrected chi connectivity index (χ1v) is 4.66. The van der Waals surface area contributed by atoms with E-state index in [-0.39, 0.29) is 12.6 Å². The van der Waals surface area contributed by atoms with Crippen molar-refractivity contribution in [1.29, 1.82) is 0 Å². The van der Waals surface area contributed by atoms with Crippen molar-refractivity contribution in [2.75, 3.05) is 19.6 Å². The molecule has 2 amide bonds. The molecule has 0 aliphatic rings. The molecular formula is C9H20N2O2. The second-order valence-electron chi connectivity index (χ2n) is 3.64. The van der Waals surface area contributed by atoms with Gasteiger partial charge in [0.15, 0.2) is 0 Å². The Labute approximate surface area is 79.9 Å². The average molecular weight is 188 g/mol. The maximum absolute atomic E-state index is 11.4. The third-order valence-electron chi connectivity index (χ3n) is 1.72. The first kappa shape index (κ1) is 12.2. The molecule has 0 atom stereocenters. The number of nitrogens with zero attached hydrogens (tertiary/aromatic N) is 1. The standard InChI is InChI=1S/C9H20N2O2/c1-5-11(6-2)8(12)10-7-9(3,4)13/h13H,5-7H2,1-4H3,(H,10,12). The van der Waals surface area contributed by atoms with Crippen LogP contribution < -0.4 is 5.32 Å². The van der Waals surface area contributed by atoms with Gasteiger partial charge >= 0.3 is 6.03 Å². The highest BCUT2D eigenvalue weighted by Crippen LogP contribution is 1.98. The zero-order valence-corrected chi connectivity index (χ0v) is 8.92. The third kappa shape index (κ3) is 5.47. The molecule has 0 heterocycles. The second kappa shape index (κ2) is 5.07. The molecule has 4 heteroatoms. The lowest BCUT2D eigenvalue weighted by Gasteiger charge is -2.23. The number of carbonyl (C=O) groups is 1. The van der Waals surface area contributed by atoms with E-state index < -0.39 is 5.60 Å². The van der Waals surface area contributed by atoms with Crippen molar-refractivity contribution in [3.63, 3.8) is 0 Å². The number of nitrogens with one attached hydrogen (secondary N) is 1. The van der Waals surface area contributed by atoms with Crippen LogP contribution in [-0.4, -0.2) is 41.3 Å². The monoisotopic (exact) mass is 188 g/mol. The Balaban J connectivity index is 3.86. The smallest absolute Gasteiger partial charge is 0.317 e.